The maximum atomic E-state index is 13.7. The van der Waals surface area contributed by atoms with E-state index in [4.69, 9.17) is 4.74 Å². The van der Waals surface area contributed by atoms with Crippen LogP contribution in [0.15, 0.2) is 48.7 Å². The predicted octanol–water partition coefficient (Wildman–Crippen LogP) is 3.71. The number of nitrogens with one attached hydrogen (secondary N) is 1. The quantitative estimate of drug-likeness (QED) is 0.681. The topological polar surface area (TPSA) is 71.5 Å². The summed E-state index contributed by atoms with van der Waals surface area (Å²) in [5, 5.41) is 0. The van der Waals surface area contributed by atoms with Crippen LogP contribution in [-0.2, 0) is 14.8 Å². The number of halogens is 1. The van der Waals surface area contributed by atoms with E-state index in [-0.39, 0.29) is 23.9 Å². The molecule has 32 heavy (non-hydrogen) atoms. The van der Waals surface area contributed by atoms with Crippen molar-refractivity contribution in [3.05, 3.63) is 60.0 Å². The lowest BCUT2D eigenvalue weighted by atomic mass is 9.82. The van der Waals surface area contributed by atoms with Gasteiger partial charge in [0.1, 0.15) is 11.6 Å². The van der Waals surface area contributed by atoms with Crippen molar-refractivity contribution in [3.63, 3.8) is 0 Å². The number of sulfonamides is 1. The van der Waals surface area contributed by atoms with Gasteiger partial charge in [-0.15, -0.1) is 0 Å². The highest BCUT2D eigenvalue weighted by Crippen LogP contribution is 2.34. The number of hydrogen-bond donors (Lipinski definition) is 1. The van der Waals surface area contributed by atoms with Gasteiger partial charge >= 0.3 is 0 Å². The first-order valence-corrected chi connectivity index (χ1v) is 13.3. The van der Waals surface area contributed by atoms with Gasteiger partial charge in [-0.3, -0.25) is 0 Å². The maximum Gasteiger partial charge on any atom is 0.208 e. The van der Waals surface area contributed by atoms with E-state index in [0.29, 0.717) is 37.9 Å². The van der Waals surface area contributed by atoms with Crippen molar-refractivity contribution in [2.24, 2.45) is 5.92 Å². The molecule has 1 aromatic heterocycles. The van der Waals surface area contributed by atoms with Crippen LogP contribution in [0.3, 0.4) is 0 Å². The SMILES string of the molecule is CS(=O)(=O)N[C@H]1CCN(c2cc(F)ccn2)CC1COC1CCC(c2ccccc2)CC1. The summed E-state index contributed by atoms with van der Waals surface area (Å²) >= 11 is 0. The minimum absolute atomic E-state index is 0.0320. The van der Waals surface area contributed by atoms with E-state index >= 15 is 0 Å². The van der Waals surface area contributed by atoms with Crippen LogP contribution in [0.4, 0.5) is 10.2 Å². The maximum absolute atomic E-state index is 13.7. The Bertz CT molecular complexity index is 981. The smallest absolute Gasteiger partial charge is 0.208 e. The zero-order valence-electron chi connectivity index (χ0n) is 18.5. The average molecular weight is 462 g/mol. The molecule has 1 N–H and O–H groups in total. The summed E-state index contributed by atoms with van der Waals surface area (Å²) in [7, 11) is -3.33. The number of hydrogen-bond acceptors (Lipinski definition) is 5. The molecule has 0 spiro atoms. The number of piperidine rings is 1. The molecule has 8 heteroatoms. The first kappa shape index (κ1) is 23.1. The monoisotopic (exact) mass is 461 g/mol. The number of aromatic nitrogens is 1. The summed E-state index contributed by atoms with van der Waals surface area (Å²) in [6.07, 6.45) is 7.68. The van der Waals surface area contributed by atoms with Crippen molar-refractivity contribution in [1.29, 1.82) is 0 Å². The molecular weight excluding hydrogens is 429 g/mol. The van der Waals surface area contributed by atoms with Gasteiger partial charge in [0.2, 0.25) is 10.0 Å². The fraction of sp³-hybridized carbons (Fsp3) is 0.542. The molecule has 1 aliphatic heterocycles. The standard InChI is InChI=1S/C24H32FN3O3S/c1-32(29,30)27-23-12-14-28(24-15-21(25)11-13-26-24)16-20(23)17-31-22-9-7-19(8-10-22)18-5-3-2-4-6-18/h2-6,11,13,15,19-20,22-23,27H,7-10,12,14,16-17H2,1H3/t19?,20?,22?,23-/m0/s1. The molecule has 1 aromatic carbocycles. The van der Waals surface area contributed by atoms with Gasteiger partial charge in [-0.25, -0.2) is 22.5 Å². The zero-order chi connectivity index (χ0) is 22.6. The summed E-state index contributed by atoms with van der Waals surface area (Å²) in [4.78, 5) is 6.31. The van der Waals surface area contributed by atoms with Crippen LogP contribution < -0.4 is 9.62 Å². The van der Waals surface area contributed by atoms with Crippen molar-refractivity contribution < 1.29 is 17.5 Å². The Morgan fingerprint density at radius 1 is 1.12 bits per heavy atom. The van der Waals surface area contributed by atoms with E-state index in [0.717, 1.165) is 25.7 Å². The van der Waals surface area contributed by atoms with Gasteiger partial charge in [0.15, 0.2) is 0 Å². The van der Waals surface area contributed by atoms with E-state index in [1.165, 1.54) is 30.1 Å². The lowest BCUT2D eigenvalue weighted by molar-refractivity contribution is -0.00213. The zero-order valence-corrected chi connectivity index (χ0v) is 19.3. The van der Waals surface area contributed by atoms with Crippen LogP contribution in [0.2, 0.25) is 0 Å². The third-order valence-electron chi connectivity index (χ3n) is 6.62. The fourth-order valence-electron chi connectivity index (χ4n) is 4.95. The normalized spacial score (nSPS) is 26.8. The summed E-state index contributed by atoms with van der Waals surface area (Å²) in [5.41, 5.74) is 1.40. The van der Waals surface area contributed by atoms with Crippen LogP contribution in [0.1, 0.15) is 43.6 Å². The van der Waals surface area contributed by atoms with Gasteiger partial charge in [0.25, 0.3) is 0 Å². The Morgan fingerprint density at radius 2 is 1.88 bits per heavy atom. The lowest BCUT2D eigenvalue weighted by Crippen LogP contribution is -2.52. The Labute approximate surface area is 190 Å². The Kier molecular flexibility index (Phi) is 7.43. The first-order chi connectivity index (χ1) is 15.4. The Hall–Kier alpha value is -2.03. The fourth-order valence-corrected chi connectivity index (χ4v) is 5.81. The number of rotatable bonds is 7. The van der Waals surface area contributed by atoms with Crippen molar-refractivity contribution in [1.82, 2.24) is 9.71 Å². The molecule has 174 valence electrons. The number of nitrogens with zero attached hydrogens (tertiary/aromatic N) is 2. The molecule has 0 radical (unpaired) electrons. The summed E-state index contributed by atoms with van der Waals surface area (Å²) in [6.45, 7) is 1.66. The van der Waals surface area contributed by atoms with Crippen LogP contribution >= 0.6 is 0 Å². The predicted molar refractivity (Wildman–Crippen MR) is 124 cm³/mol. The molecule has 2 aromatic rings. The average Bonchev–Trinajstić information content (AvgIpc) is 2.78. The van der Waals surface area contributed by atoms with Gasteiger partial charge in [0, 0.05) is 37.3 Å². The third-order valence-corrected chi connectivity index (χ3v) is 7.35. The van der Waals surface area contributed by atoms with Crippen LogP contribution in [0, 0.1) is 11.7 Å². The minimum Gasteiger partial charge on any atom is -0.378 e. The number of benzene rings is 1. The summed E-state index contributed by atoms with van der Waals surface area (Å²) < 4.78 is 46.5. The van der Waals surface area contributed by atoms with Gasteiger partial charge in [-0.05, 0) is 49.7 Å². The summed E-state index contributed by atoms with van der Waals surface area (Å²) in [6, 6.07) is 13.2. The largest absolute Gasteiger partial charge is 0.378 e. The second-order valence-corrected chi connectivity index (χ2v) is 10.8. The molecule has 0 amide bonds. The van der Waals surface area contributed by atoms with Crippen molar-refractivity contribution in [3.8, 4) is 0 Å². The molecule has 0 bridgehead atoms. The van der Waals surface area contributed by atoms with E-state index in [1.807, 2.05) is 11.0 Å². The molecular formula is C24H32FN3O3S. The lowest BCUT2D eigenvalue weighted by Gasteiger charge is -2.40. The van der Waals surface area contributed by atoms with Gasteiger partial charge in [-0.2, -0.15) is 0 Å². The van der Waals surface area contributed by atoms with Gasteiger partial charge in [-0.1, -0.05) is 30.3 Å². The highest BCUT2D eigenvalue weighted by molar-refractivity contribution is 7.88. The highest BCUT2D eigenvalue weighted by Gasteiger charge is 2.33. The van der Waals surface area contributed by atoms with Crippen LogP contribution in [0.25, 0.3) is 0 Å². The second-order valence-electron chi connectivity index (χ2n) is 9.04. The number of anilines is 1. The first-order valence-electron chi connectivity index (χ1n) is 11.4. The van der Waals surface area contributed by atoms with Crippen molar-refractivity contribution >= 4 is 15.8 Å². The van der Waals surface area contributed by atoms with Gasteiger partial charge in [0.05, 0.1) is 19.0 Å². The molecule has 2 fully saturated rings. The van der Waals surface area contributed by atoms with Crippen molar-refractivity contribution in [2.45, 2.75) is 50.2 Å². The van der Waals surface area contributed by atoms with E-state index in [1.54, 1.807) is 0 Å². The molecule has 1 aliphatic carbocycles. The Balaban J connectivity index is 1.36. The van der Waals surface area contributed by atoms with E-state index in [2.05, 4.69) is 34.0 Å². The van der Waals surface area contributed by atoms with Gasteiger partial charge < -0.3 is 9.64 Å². The number of pyridine rings is 1. The molecule has 4 rings (SSSR count). The molecule has 2 atom stereocenters. The molecule has 6 nitrogen and oxygen atoms in total. The van der Waals surface area contributed by atoms with Crippen LogP contribution in [0.5, 0.6) is 0 Å². The second kappa shape index (κ2) is 10.3. The van der Waals surface area contributed by atoms with Crippen LogP contribution in [-0.4, -0.2) is 51.5 Å². The number of ether oxygens (including phenoxy) is 1. The van der Waals surface area contributed by atoms with E-state index in [9.17, 15) is 12.8 Å². The minimum atomic E-state index is -3.33. The van der Waals surface area contributed by atoms with E-state index < -0.39 is 10.0 Å². The molecule has 1 unspecified atom stereocenters. The Morgan fingerprint density at radius 3 is 2.56 bits per heavy atom. The highest BCUT2D eigenvalue weighted by atomic mass is 32.2. The summed E-state index contributed by atoms with van der Waals surface area (Å²) in [5.74, 6) is 0.806. The van der Waals surface area contributed by atoms with Crippen molar-refractivity contribution in [2.75, 3.05) is 30.9 Å². The molecule has 1 saturated carbocycles. The molecule has 1 saturated heterocycles. The molecule has 2 aliphatic rings. The molecule has 2 heterocycles. The third kappa shape index (κ3) is 6.27.